The van der Waals surface area contributed by atoms with Crippen molar-refractivity contribution < 1.29 is 85.1 Å². The quantitative estimate of drug-likeness (QED) is 0.0301. The second kappa shape index (κ2) is 24.6. The highest BCUT2D eigenvalue weighted by atomic mass is 31.2. The summed E-state index contributed by atoms with van der Waals surface area (Å²) in [7, 11) is -10.7. The normalized spacial score (nSPS) is 27.1. The average Bonchev–Trinajstić information content (AvgIpc) is 3.74. The van der Waals surface area contributed by atoms with E-state index in [-0.39, 0.29) is 70.6 Å². The minimum absolute atomic E-state index is 0.0889. The van der Waals surface area contributed by atoms with E-state index in [2.05, 4.69) is 51.2 Å². The summed E-state index contributed by atoms with van der Waals surface area (Å²) in [6.07, 6.45) is -7.19. The van der Waals surface area contributed by atoms with Crippen molar-refractivity contribution in [2.45, 2.75) is 114 Å². The zero-order valence-electron chi connectivity index (χ0n) is 44.1. The van der Waals surface area contributed by atoms with Crippen LogP contribution in [0.15, 0.2) is 58.7 Å². The number of aromatic nitrogens is 8. The van der Waals surface area contributed by atoms with Crippen LogP contribution in [0.4, 0.5) is 22.4 Å². The van der Waals surface area contributed by atoms with Gasteiger partial charge in [0, 0.05) is 30.8 Å². The fourth-order valence-electron chi connectivity index (χ4n) is 9.36. The molecule has 3 fully saturated rings. The predicted octanol–water partition coefficient (Wildman–Crippen LogP) is -1.04. The van der Waals surface area contributed by atoms with Crippen LogP contribution in [0.5, 0.6) is 0 Å². The van der Waals surface area contributed by atoms with Gasteiger partial charge < -0.3 is 61.8 Å². The van der Waals surface area contributed by atoms with Crippen LogP contribution in [0.25, 0.3) is 22.3 Å². The fourth-order valence-corrected chi connectivity index (χ4v) is 11.3. The highest BCUT2D eigenvalue weighted by molar-refractivity contribution is 7.47. The summed E-state index contributed by atoms with van der Waals surface area (Å²) in [5, 5.41) is 21.9. The van der Waals surface area contributed by atoms with E-state index >= 15 is 0 Å². The molecule has 4 aromatic heterocycles. The Hall–Kier alpha value is -7.82. The fraction of sp³-hybridized carbons (Fsp3) is 0.478. The van der Waals surface area contributed by atoms with Gasteiger partial charge in [-0.1, -0.05) is 32.4 Å². The molecule has 1 aromatic carbocycles. The van der Waals surface area contributed by atoms with Gasteiger partial charge in [0.15, 0.2) is 34.8 Å². The summed E-state index contributed by atoms with van der Waals surface area (Å²) in [4.78, 5) is 146. The standard InChI is InChI=1S/C46H57N15O20P2/c1-20(2)29(53-26(62)7-5-4-6-14-59-27(63)12-13-28(59)64)39(67)51-21(3)38(66)52-23-10-8-22(9-11-23)15-75-46(70)54-30-34-24(78-42(30)60-18-49-31-36(60)55-44(47)57-40(31)68)16-76-83(73,74)81-35-25(17-77-82(71,72)80-34)79-43(33(35)65)61-19-50-32-37(61)56-45(48)58-41(32)69/h8-13,18-21,24-25,29-30,33-35,42-43,65H,4-7,14-17H2,1-3H3,(H,51,67)(H,52,66)(H,53,62)(H,54,70)(H,71,72)(H,73,74)(H3,47,55,57,68)(H3,48,56,58,69)/t21-,24+,25+,29-,30?,33-,34-,35-,42+,43+/m0/s1. The lowest BCUT2D eigenvalue weighted by Gasteiger charge is -2.29. The first kappa shape index (κ1) is 59.8. The number of aliphatic hydroxyl groups is 1. The van der Waals surface area contributed by atoms with E-state index in [1.54, 1.807) is 13.8 Å². The second-order valence-electron chi connectivity index (χ2n) is 19.8. The second-order valence-corrected chi connectivity index (χ2v) is 22.6. The number of H-pyrrole nitrogens is 2. The number of aliphatic hydroxyl groups excluding tert-OH is 1. The molecule has 6 amide bonds. The van der Waals surface area contributed by atoms with E-state index in [0.29, 0.717) is 24.8 Å². The van der Waals surface area contributed by atoms with E-state index in [1.807, 2.05) is 0 Å². The third-order valence-electron chi connectivity index (χ3n) is 13.5. The molecule has 3 unspecified atom stereocenters. The first-order valence-electron chi connectivity index (χ1n) is 25.6. The first-order chi connectivity index (χ1) is 39.3. The summed E-state index contributed by atoms with van der Waals surface area (Å²) >= 11 is 0. The number of ether oxygens (including phenoxy) is 3. The van der Waals surface area contributed by atoms with E-state index in [0.717, 1.165) is 26.7 Å². The molecule has 0 bridgehead atoms. The van der Waals surface area contributed by atoms with Gasteiger partial charge in [-0.2, -0.15) is 9.97 Å². The molecule has 37 heteroatoms. The molecule has 3 saturated heterocycles. The largest absolute Gasteiger partial charge is 0.472 e. The van der Waals surface area contributed by atoms with Crippen LogP contribution < -0.4 is 43.9 Å². The number of anilines is 3. The van der Waals surface area contributed by atoms with Gasteiger partial charge in [0.05, 0.1) is 25.9 Å². The highest BCUT2D eigenvalue weighted by Crippen LogP contribution is 2.54. The Kier molecular flexibility index (Phi) is 17.7. The highest BCUT2D eigenvalue weighted by Gasteiger charge is 2.55. The molecule has 0 saturated carbocycles. The summed E-state index contributed by atoms with van der Waals surface area (Å²) in [5.41, 5.74) is 9.82. The lowest BCUT2D eigenvalue weighted by molar-refractivity contribution is -0.137. The summed E-state index contributed by atoms with van der Waals surface area (Å²) in [6, 6.07) is 2.24. The Morgan fingerprint density at radius 2 is 1.33 bits per heavy atom. The average molecular weight is 1200 g/mol. The van der Waals surface area contributed by atoms with Crippen molar-refractivity contribution in [1.82, 2.24) is 59.9 Å². The number of hydrogen-bond acceptors (Lipinski definition) is 24. The number of nitrogens with two attached hydrogens (primary N) is 2. The Labute approximate surface area is 467 Å². The van der Waals surface area contributed by atoms with Crippen molar-refractivity contribution >= 4 is 91.2 Å². The number of nitrogen functional groups attached to an aromatic ring is 2. The topological polar surface area (TPSA) is 492 Å². The van der Waals surface area contributed by atoms with Crippen molar-refractivity contribution in [1.29, 1.82) is 0 Å². The van der Waals surface area contributed by atoms with Crippen LogP contribution in [0, 0.1) is 5.92 Å². The minimum atomic E-state index is -5.37. The molecule has 0 aliphatic carbocycles. The van der Waals surface area contributed by atoms with Crippen molar-refractivity contribution in [3.8, 4) is 0 Å². The number of benzene rings is 1. The van der Waals surface area contributed by atoms with Crippen LogP contribution in [0.1, 0.15) is 64.5 Å². The van der Waals surface area contributed by atoms with Gasteiger partial charge in [0.1, 0.15) is 55.3 Å². The Bertz CT molecular complexity index is 3560. The Balaban J connectivity index is 0.835. The molecule has 83 heavy (non-hydrogen) atoms. The van der Waals surface area contributed by atoms with Gasteiger partial charge >= 0.3 is 21.7 Å². The maximum Gasteiger partial charge on any atom is 0.472 e. The number of imide groups is 1. The van der Waals surface area contributed by atoms with Crippen molar-refractivity contribution in [3.63, 3.8) is 0 Å². The van der Waals surface area contributed by atoms with Gasteiger partial charge in [-0.3, -0.25) is 75.7 Å². The lowest BCUT2D eigenvalue weighted by atomic mass is 10.0. The van der Waals surface area contributed by atoms with E-state index in [1.165, 1.54) is 43.3 Å². The van der Waals surface area contributed by atoms with Crippen LogP contribution >= 0.6 is 15.6 Å². The van der Waals surface area contributed by atoms with Gasteiger partial charge in [-0.05, 0) is 43.4 Å². The number of amides is 6. The number of carbonyl (C=O) groups excluding carboxylic acids is 6. The molecule has 35 nitrogen and oxygen atoms in total. The molecular weight excluding hydrogens is 1140 g/mol. The third kappa shape index (κ3) is 13.7. The van der Waals surface area contributed by atoms with Crippen LogP contribution in [0.3, 0.4) is 0 Å². The van der Waals surface area contributed by atoms with Gasteiger partial charge in [0.2, 0.25) is 29.6 Å². The number of aromatic amines is 2. The molecule has 4 aliphatic heterocycles. The van der Waals surface area contributed by atoms with Crippen LogP contribution in [-0.2, 0) is 72.0 Å². The number of unbranched alkanes of at least 4 members (excludes halogenated alkanes) is 2. The number of imidazole rings is 2. The summed E-state index contributed by atoms with van der Waals surface area (Å²) < 4.78 is 69.0. The van der Waals surface area contributed by atoms with E-state index in [4.69, 9.17) is 43.8 Å². The number of alkyl carbamates (subject to hydrolysis) is 1. The molecule has 8 heterocycles. The molecule has 13 N–H and O–H groups in total. The monoisotopic (exact) mass is 1200 g/mol. The van der Waals surface area contributed by atoms with Gasteiger partial charge in [0.25, 0.3) is 22.9 Å². The molecule has 0 spiro atoms. The number of carbonyl (C=O) groups is 6. The molecular formula is C46H57N15O20P2. The number of hydrogen-bond donors (Lipinski definition) is 11. The van der Waals surface area contributed by atoms with Crippen molar-refractivity contribution in [2.75, 3.05) is 36.5 Å². The zero-order valence-corrected chi connectivity index (χ0v) is 45.9. The van der Waals surface area contributed by atoms with Crippen molar-refractivity contribution in [2.24, 2.45) is 5.92 Å². The van der Waals surface area contributed by atoms with Crippen molar-refractivity contribution in [3.05, 3.63) is 75.3 Å². The first-order valence-corrected chi connectivity index (χ1v) is 28.6. The van der Waals surface area contributed by atoms with E-state index in [9.17, 15) is 62.4 Å². The lowest BCUT2D eigenvalue weighted by Crippen LogP contribution is -2.53. The molecule has 4 aliphatic rings. The third-order valence-corrected chi connectivity index (χ3v) is 15.5. The zero-order chi connectivity index (χ0) is 59.7. The maximum absolute atomic E-state index is 13.9. The van der Waals surface area contributed by atoms with Gasteiger partial charge in [-0.25, -0.2) is 23.9 Å². The van der Waals surface area contributed by atoms with Crippen LogP contribution in [-0.4, -0.2) is 163 Å². The number of fused-ring (bicyclic) bond motifs is 4. The molecule has 0 radical (unpaired) electrons. The SMILES string of the molecule is CC(C)[C@H](NC(=O)CCCCCN1C(=O)C=CC1=O)C(=O)N[C@@H](C)C(=O)Nc1ccc(COC(=O)NC2[C@H]3OP(=O)(O)OC[C@H]4O[C@@H](n5cnc6c(=O)[nH]c(N)nc65)[C@@H](O)[C@H]4OP(=O)(O)OC[C@H]3O[C@H]2n2cnc3c(=O)[nH]c(N)nc32)cc1. The number of phosphoric ester groups is 2. The number of nitrogens with zero attached hydrogens (tertiary/aromatic N) is 7. The minimum Gasteiger partial charge on any atom is -0.445 e. The molecule has 9 rings (SSSR count). The van der Waals surface area contributed by atoms with Gasteiger partial charge in [-0.15, -0.1) is 0 Å². The smallest absolute Gasteiger partial charge is 0.445 e. The molecule has 12 atom stereocenters. The number of phosphoric acid groups is 2. The number of nitrogens with one attached hydrogen (secondary N) is 6. The number of rotatable bonds is 17. The Morgan fingerprint density at radius 1 is 0.771 bits per heavy atom. The summed E-state index contributed by atoms with van der Waals surface area (Å²) in [6.45, 7) is 2.72. The predicted molar refractivity (Wildman–Crippen MR) is 281 cm³/mol. The Morgan fingerprint density at radius 3 is 1.92 bits per heavy atom. The summed E-state index contributed by atoms with van der Waals surface area (Å²) in [5.74, 6) is -3.41. The molecule has 446 valence electrons. The maximum atomic E-state index is 13.9. The van der Waals surface area contributed by atoms with Crippen LogP contribution in [0.2, 0.25) is 0 Å². The molecule has 5 aromatic rings. The van der Waals surface area contributed by atoms with E-state index < -0.39 is 132 Å².